The predicted molar refractivity (Wildman–Crippen MR) is 105 cm³/mol. The Morgan fingerprint density at radius 3 is 2.46 bits per heavy atom. The first-order valence-corrected chi connectivity index (χ1v) is 9.05. The van der Waals surface area contributed by atoms with Crippen molar-refractivity contribution in [2.75, 3.05) is 0 Å². The summed E-state index contributed by atoms with van der Waals surface area (Å²) in [4.78, 5) is 4.93. The van der Waals surface area contributed by atoms with Gasteiger partial charge in [-0.05, 0) is 53.8 Å². The highest BCUT2D eigenvalue weighted by molar-refractivity contribution is 6.31. The van der Waals surface area contributed by atoms with Gasteiger partial charge in [0.15, 0.2) is 0 Å². The second-order valence-corrected chi connectivity index (χ2v) is 7.05. The van der Waals surface area contributed by atoms with Crippen LogP contribution in [-0.2, 0) is 12.8 Å². The van der Waals surface area contributed by atoms with E-state index in [-0.39, 0.29) is 5.82 Å². The molecule has 126 valence electrons. The van der Waals surface area contributed by atoms with Gasteiger partial charge in [0.1, 0.15) is 5.82 Å². The van der Waals surface area contributed by atoms with Crippen LogP contribution in [0.3, 0.4) is 0 Å². The van der Waals surface area contributed by atoms with Gasteiger partial charge in [-0.2, -0.15) is 0 Å². The van der Waals surface area contributed by atoms with Crippen LogP contribution in [0.1, 0.15) is 11.1 Å². The van der Waals surface area contributed by atoms with Gasteiger partial charge in [-0.25, -0.2) is 9.37 Å². The van der Waals surface area contributed by atoms with E-state index in [1.165, 1.54) is 11.6 Å². The first kappa shape index (κ1) is 15.5. The SMILES string of the molecule is Fc1ccccc1-c1c2c(nc3ccc(Cl)cc13)-c1ccccc1CC2. The molecule has 3 aromatic carbocycles. The standard InChI is InChI=1S/C23H15ClFN/c24-15-10-12-21-19(13-15)22(17-7-3-4-8-20(17)25)18-11-9-14-5-1-2-6-16(14)23(18)26-21/h1-8,10,12-13H,9,11H2. The van der Waals surface area contributed by atoms with Crippen molar-refractivity contribution in [3.8, 4) is 22.4 Å². The molecule has 1 heterocycles. The van der Waals surface area contributed by atoms with Crippen molar-refractivity contribution in [2.45, 2.75) is 12.8 Å². The second-order valence-electron chi connectivity index (χ2n) is 6.61. The number of rotatable bonds is 1. The summed E-state index contributed by atoms with van der Waals surface area (Å²) < 4.78 is 14.7. The highest BCUT2D eigenvalue weighted by Gasteiger charge is 2.24. The number of hydrogen-bond donors (Lipinski definition) is 0. The highest BCUT2D eigenvalue weighted by Crippen LogP contribution is 2.42. The molecule has 1 aliphatic carbocycles. The molecule has 0 aliphatic heterocycles. The quantitative estimate of drug-likeness (QED) is 0.380. The van der Waals surface area contributed by atoms with E-state index in [1.54, 1.807) is 6.07 Å². The van der Waals surface area contributed by atoms with E-state index in [0.717, 1.165) is 46.1 Å². The number of benzene rings is 3. The van der Waals surface area contributed by atoms with E-state index < -0.39 is 0 Å². The second kappa shape index (κ2) is 5.93. The van der Waals surface area contributed by atoms with E-state index in [9.17, 15) is 4.39 Å². The lowest BCUT2D eigenvalue weighted by molar-refractivity contribution is 0.631. The number of aromatic nitrogens is 1. The fourth-order valence-corrected chi connectivity index (χ4v) is 4.11. The molecule has 0 saturated carbocycles. The van der Waals surface area contributed by atoms with Crippen molar-refractivity contribution in [3.05, 3.63) is 88.7 Å². The summed E-state index contributed by atoms with van der Waals surface area (Å²) >= 11 is 6.26. The topological polar surface area (TPSA) is 12.9 Å². The Hall–Kier alpha value is -2.71. The summed E-state index contributed by atoms with van der Waals surface area (Å²) in [5.74, 6) is -0.221. The summed E-state index contributed by atoms with van der Waals surface area (Å²) in [7, 11) is 0. The van der Waals surface area contributed by atoms with Gasteiger partial charge in [-0.1, -0.05) is 54.1 Å². The highest BCUT2D eigenvalue weighted by atomic mass is 35.5. The molecule has 0 fully saturated rings. The molecular formula is C23H15ClFN. The zero-order chi connectivity index (χ0) is 17.7. The molecule has 0 N–H and O–H groups in total. The Kier molecular flexibility index (Phi) is 3.54. The number of nitrogens with zero attached hydrogens (tertiary/aromatic N) is 1. The Bertz CT molecular complexity index is 1170. The summed E-state index contributed by atoms with van der Waals surface area (Å²) in [5, 5.41) is 1.54. The molecule has 0 amide bonds. The molecule has 0 unspecified atom stereocenters. The van der Waals surface area contributed by atoms with Crippen molar-refractivity contribution >= 4 is 22.5 Å². The third-order valence-electron chi connectivity index (χ3n) is 5.11. The largest absolute Gasteiger partial charge is 0.247 e. The summed E-state index contributed by atoms with van der Waals surface area (Å²) in [6.45, 7) is 0. The monoisotopic (exact) mass is 359 g/mol. The van der Waals surface area contributed by atoms with Crippen LogP contribution in [0, 0.1) is 5.82 Å². The third-order valence-corrected chi connectivity index (χ3v) is 5.34. The summed E-state index contributed by atoms with van der Waals surface area (Å²) in [6, 6.07) is 20.9. The van der Waals surface area contributed by atoms with Gasteiger partial charge in [0.2, 0.25) is 0 Å². The van der Waals surface area contributed by atoms with Gasteiger partial charge < -0.3 is 0 Å². The number of hydrogen-bond acceptors (Lipinski definition) is 1. The maximum Gasteiger partial charge on any atom is 0.131 e. The first-order chi connectivity index (χ1) is 12.7. The van der Waals surface area contributed by atoms with Crippen molar-refractivity contribution in [3.63, 3.8) is 0 Å². The van der Waals surface area contributed by atoms with Gasteiger partial charge in [0.25, 0.3) is 0 Å². The lowest BCUT2D eigenvalue weighted by atomic mass is 9.83. The van der Waals surface area contributed by atoms with Gasteiger partial charge in [-0.15, -0.1) is 0 Å². The van der Waals surface area contributed by atoms with Crippen LogP contribution >= 0.6 is 11.6 Å². The minimum atomic E-state index is -0.221. The first-order valence-electron chi connectivity index (χ1n) is 8.68. The van der Waals surface area contributed by atoms with Gasteiger partial charge in [0.05, 0.1) is 11.2 Å². The number of fused-ring (bicyclic) bond motifs is 4. The Morgan fingerprint density at radius 1 is 0.846 bits per heavy atom. The normalized spacial score (nSPS) is 12.7. The molecule has 1 aliphatic rings. The number of halogens is 2. The van der Waals surface area contributed by atoms with Crippen molar-refractivity contribution in [1.29, 1.82) is 0 Å². The zero-order valence-electron chi connectivity index (χ0n) is 14.0. The summed E-state index contributed by atoms with van der Waals surface area (Å²) in [5.41, 5.74) is 6.85. The minimum Gasteiger partial charge on any atom is -0.247 e. The average Bonchev–Trinajstić information content (AvgIpc) is 2.67. The van der Waals surface area contributed by atoms with Crippen molar-refractivity contribution in [1.82, 2.24) is 4.98 Å². The molecule has 4 aromatic rings. The van der Waals surface area contributed by atoms with Crippen molar-refractivity contribution in [2.24, 2.45) is 0 Å². The predicted octanol–water partition coefficient (Wildman–Crippen LogP) is 6.46. The maximum atomic E-state index is 14.7. The van der Waals surface area contributed by atoms with E-state index in [4.69, 9.17) is 16.6 Å². The van der Waals surface area contributed by atoms with Crippen LogP contribution in [0.5, 0.6) is 0 Å². The Morgan fingerprint density at radius 2 is 1.62 bits per heavy atom. The average molecular weight is 360 g/mol. The molecular weight excluding hydrogens is 345 g/mol. The molecule has 3 heteroatoms. The molecule has 0 atom stereocenters. The molecule has 0 saturated heterocycles. The fourth-order valence-electron chi connectivity index (χ4n) is 3.94. The van der Waals surface area contributed by atoms with Crippen LogP contribution in [0.15, 0.2) is 66.7 Å². The van der Waals surface area contributed by atoms with Crippen LogP contribution in [0.4, 0.5) is 4.39 Å². The summed E-state index contributed by atoms with van der Waals surface area (Å²) in [6.07, 6.45) is 1.77. The van der Waals surface area contributed by atoms with E-state index in [2.05, 4.69) is 18.2 Å². The van der Waals surface area contributed by atoms with E-state index in [0.29, 0.717) is 10.6 Å². The number of pyridine rings is 1. The van der Waals surface area contributed by atoms with E-state index >= 15 is 0 Å². The van der Waals surface area contributed by atoms with Gasteiger partial charge >= 0.3 is 0 Å². The lowest BCUT2D eigenvalue weighted by Gasteiger charge is -2.23. The van der Waals surface area contributed by atoms with Gasteiger partial charge in [0, 0.05) is 21.5 Å². The molecule has 0 bridgehead atoms. The molecule has 1 nitrogen and oxygen atoms in total. The van der Waals surface area contributed by atoms with Crippen LogP contribution in [-0.4, -0.2) is 4.98 Å². The fraction of sp³-hybridized carbons (Fsp3) is 0.0870. The maximum absolute atomic E-state index is 14.7. The number of aryl methyl sites for hydroxylation is 1. The lowest BCUT2D eigenvalue weighted by Crippen LogP contribution is -2.08. The van der Waals surface area contributed by atoms with Crippen LogP contribution < -0.4 is 0 Å². The zero-order valence-corrected chi connectivity index (χ0v) is 14.7. The van der Waals surface area contributed by atoms with Gasteiger partial charge in [-0.3, -0.25) is 0 Å². The van der Waals surface area contributed by atoms with Crippen LogP contribution in [0.2, 0.25) is 5.02 Å². The Labute approximate surface area is 156 Å². The molecule has 26 heavy (non-hydrogen) atoms. The third kappa shape index (κ3) is 2.33. The smallest absolute Gasteiger partial charge is 0.131 e. The molecule has 0 radical (unpaired) electrons. The van der Waals surface area contributed by atoms with E-state index in [1.807, 2.05) is 36.4 Å². The Balaban J connectivity index is 1.94. The van der Waals surface area contributed by atoms with Crippen LogP contribution in [0.25, 0.3) is 33.3 Å². The molecule has 0 spiro atoms. The minimum absolute atomic E-state index is 0.221. The molecule has 5 rings (SSSR count). The molecule has 1 aromatic heterocycles. The van der Waals surface area contributed by atoms with Crippen molar-refractivity contribution < 1.29 is 4.39 Å².